The summed E-state index contributed by atoms with van der Waals surface area (Å²) in [4.78, 5) is 16.4. The number of carbonyl (C=O) groups is 1. The first-order valence-electron chi connectivity index (χ1n) is 7.74. The maximum absolute atomic E-state index is 13.2. The van der Waals surface area contributed by atoms with Crippen LogP contribution >= 0.6 is 11.3 Å². The Hall–Kier alpha value is -1.79. The van der Waals surface area contributed by atoms with Gasteiger partial charge in [0, 0.05) is 17.5 Å². The molecule has 0 bridgehead atoms. The topological polar surface area (TPSA) is 62.2 Å². The van der Waals surface area contributed by atoms with Gasteiger partial charge in [-0.2, -0.15) is 0 Å². The van der Waals surface area contributed by atoms with Gasteiger partial charge in [-0.15, -0.1) is 11.3 Å². The molecule has 122 valence electrons. The van der Waals surface area contributed by atoms with Crippen molar-refractivity contribution in [1.29, 1.82) is 0 Å². The fraction of sp³-hybridized carbons (Fsp3) is 0.412. The maximum atomic E-state index is 13.2. The minimum Gasteiger partial charge on any atom is -0.388 e. The summed E-state index contributed by atoms with van der Waals surface area (Å²) in [7, 11) is 0. The molecule has 1 aromatic heterocycles. The number of amides is 1. The molecule has 1 aromatic carbocycles. The second-order valence-corrected chi connectivity index (χ2v) is 6.90. The molecule has 2 aromatic rings. The highest BCUT2D eigenvalue weighted by Gasteiger charge is 2.31. The number of halogens is 1. The van der Waals surface area contributed by atoms with E-state index in [9.17, 15) is 14.3 Å². The van der Waals surface area contributed by atoms with Crippen LogP contribution in [0.3, 0.4) is 0 Å². The molecular formula is C17H19FN2O2S. The van der Waals surface area contributed by atoms with Gasteiger partial charge in [-0.3, -0.25) is 4.79 Å². The molecule has 0 unspecified atom stereocenters. The van der Waals surface area contributed by atoms with E-state index in [2.05, 4.69) is 10.3 Å². The summed E-state index contributed by atoms with van der Waals surface area (Å²) in [6, 6.07) is 6.25. The van der Waals surface area contributed by atoms with Gasteiger partial charge in [-0.05, 0) is 25.0 Å². The van der Waals surface area contributed by atoms with Gasteiger partial charge in [0.1, 0.15) is 10.8 Å². The Morgan fingerprint density at radius 1 is 1.39 bits per heavy atom. The number of nitrogens with one attached hydrogen (secondary N) is 1. The van der Waals surface area contributed by atoms with Crippen LogP contribution in [0.2, 0.25) is 0 Å². The van der Waals surface area contributed by atoms with E-state index in [-0.39, 0.29) is 18.1 Å². The zero-order chi connectivity index (χ0) is 16.3. The number of carbonyl (C=O) groups excluding carboxylic acids is 1. The van der Waals surface area contributed by atoms with Crippen LogP contribution in [0.5, 0.6) is 0 Å². The van der Waals surface area contributed by atoms with Crippen molar-refractivity contribution in [2.24, 2.45) is 0 Å². The fourth-order valence-electron chi connectivity index (χ4n) is 2.84. The molecule has 0 atom stereocenters. The van der Waals surface area contributed by atoms with Gasteiger partial charge in [0.15, 0.2) is 0 Å². The molecule has 1 heterocycles. The summed E-state index contributed by atoms with van der Waals surface area (Å²) in [5.74, 6) is -0.455. The highest BCUT2D eigenvalue weighted by molar-refractivity contribution is 7.13. The van der Waals surface area contributed by atoms with E-state index < -0.39 is 5.60 Å². The van der Waals surface area contributed by atoms with Gasteiger partial charge in [0.05, 0.1) is 17.7 Å². The smallest absolute Gasteiger partial charge is 0.226 e. The SMILES string of the molecule is O=C(Cc1csc(-c2cccc(F)c2)n1)NCC1(O)CCCC1. The minimum absolute atomic E-state index is 0.151. The van der Waals surface area contributed by atoms with Gasteiger partial charge in [-0.1, -0.05) is 25.0 Å². The quantitative estimate of drug-likeness (QED) is 0.884. The van der Waals surface area contributed by atoms with Crippen LogP contribution in [0.1, 0.15) is 31.4 Å². The van der Waals surface area contributed by atoms with E-state index in [1.165, 1.54) is 23.5 Å². The Kier molecular flexibility index (Phi) is 4.73. The Morgan fingerprint density at radius 2 is 2.17 bits per heavy atom. The molecule has 0 aliphatic heterocycles. The largest absolute Gasteiger partial charge is 0.388 e. The molecule has 0 radical (unpaired) electrons. The molecule has 1 aliphatic carbocycles. The number of aromatic nitrogens is 1. The molecule has 2 N–H and O–H groups in total. The highest BCUT2D eigenvalue weighted by atomic mass is 32.1. The van der Waals surface area contributed by atoms with Crippen molar-refractivity contribution in [1.82, 2.24) is 10.3 Å². The third kappa shape index (κ3) is 4.14. The van der Waals surface area contributed by atoms with E-state index in [0.717, 1.165) is 25.7 Å². The summed E-state index contributed by atoms with van der Waals surface area (Å²) in [5, 5.41) is 15.5. The third-order valence-corrected chi connectivity index (χ3v) is 5.05. The lowest BCUT2D eigenvalue weighted by molar-refractivity contribution is -0.121. The average Bonchev–Trinajstić information content (AvgIpc) is 3.15. The van der Waals surface area contributed by atoms with Crippen LogP contribution in [0.4, 0.5) is 4.39 Å². The standard InChI is InChI=1S/C17H19FN2O2S/c18-13-5-3-4-12(8-13)16-20-14(10-23-16)9-15(21)19-11-17(22)6-1-2-7-17/h3-5,8,10,22H,1-2,6-7,9,11H2,(H,19,21). The zero-order valence-corrected chi connectivity index (χ0v) is 13.5. The minimum atomic E-state index is -0.746. The number of hydrogen-bond acceptors (Lipinski definition) is 4. The summed E-state index contributed by atoms with van der Waals surface area (Å²) in [5.41, 5.74) is 0.622. The first-order chi connectivity index (χ1) is 11.0. The molecule has 0 spiro atoms. The van der Waals surface area contributed by atoms with E-state index in [4.69, 9.17) is 0 Å². The van der Waals surface area contributed by atoms with Gasteiger partial charge in [0.25, 0.3) is 0 Å². The number of aliphatic hydroxyl groups is 1. The van der Waals surface area contributed by atoms with Crippen LogP contribution in [-0.4, -0.2) is 28.1 Å². The lowest BCUT2D eigenvalue weighted by Gasteiger charge is -2.22. The molecule has 1 amide bonds. The molecule has 23 heavy (non-hydrogen) atoms. The number of thiazole rings is 1. The van der Waals surface area contributed by atoms with E-state index >= 15 is 0 Å². The average molecular weight is 334 g/mol. The van der Waals surface area contributed by atoms with Crippen molar-refractivity contribution in [3.63, 3.8) is 0 Å². The molecule has 3 rings (SSSR count). The molecule has 4 nitrogen and oxygen atoms in total. The van der Waals surface area contributed by atoms with E-state index in [1.807, 2.05) is 5.38 Å². The predicted molar refractivity (Wildman–Crippen MR) is 87.6 cm³/mol. The summed E-state index contributed by atoms with van der Waals surface area (Å²) >= 11 is 1.39. The maximum Gasteiger partial charge on any atom is 0.226 e. The molecule has 1 saturated carbocycles. The van der Waals surface area contributed by atoms with Gasteiger partial charge >= 0.3 is 0 Å². The first kappa shape index (κ1) is 16.1. The monoisotopic (exact) mass is 334 g/mol. The first-order valence-corrected chi connectivity index (χ1v) is 8.61. The number of hydrogen-bond donors (Lipinski definition) is 2. The Labute approximate surface area is 138 Å². The summed E-state index contributed by atoms with van der Waals surface area (Å²) < 4.78 is 13.2. The molecule has 1 aliphatic rings. The Morgan fingerprint density at radius 3 is 2.91 bits per heavy atom. The second kappa shape index (κ2) is 6.76. The third-order valence-electron chi connectivity index (χ3n) is 4.11. The fourth-order valence-corrected chi connectivity index (χ4v) is 3.66. The van der Waals surface area contributed by atoms with Crippen molar-refractivity contribution >= 4 is 17.2 Å². The van der Waals surface area contributed by atoms with Gasteiger partial charge < -0.3 is 10.4 Å². The Bertz CT molecular complexity index is 695. The molecule has 1 fully saturated rings. The number of benzene rings is 1. The zero-order valence-electron chi connectivity index (χ0n) is 12.7. The van der Waals surface area contributed by atoms with Crippen molar-refractivity contribution in [3.8, 4) is 10.6 Å². The lowest BCUT2D eigenvalue weighted by Crippen LogP contribution is -2.41. The van der Waals surface area contributed by atoms with Crippen LogP contribution in [0.25, 0.3) is 10.6 Å². The second-order valence-electron chi connectivity index (χ2n) is 6.04. The van der Waals surface area contributed by atoms with Gasteiger partial charge in [0.2, 0.25) is 5.91 Å². The summed E-state index contributed by atoms with van der Waals surface area (Å²) in [6.07, 6.45) is 3.67. The molecule has 0 saturated heterocycles. The van der Waals surface area contributed by atoms with Crippen molar-refractivity contribution in [2.45, 2.75) is 37.7 Å². The lowest BCUT2D eigenvalue weighted by atomic mass is 10.0. The van der Waals surface area contributed by atoms with E-state index in [1.54, 1.807) is 12.1 Å². The number of rotatable bonds is 5. The van der Waals surface area contributed by atoms with Crippen LogP contribution in [0.15, 0.2) is 29.6 Å². The van der Waals surface area contributed by atoms with Crippen molar-refractivity contribution in [3.05, 3.63) is 41.2 Å². The highest BCUT2D eigenvalue weighted by Crippen LogP contribution is 2.28. The normalized spacial score (nSPS) is 16.4. The van der Waals surface area contributed by atoms with E-state index in [0.29, 0.717) is 22.8 Å². The molecule has 6 heteroatoms. The Balaban J connectivity index is 1.57. The van der Waals surface area contributed by atoms with Crippen LogP contribution in [0, 0.1) is 5.82 Å². The van der Waals surface area contributed by atoms with Crippen molar-refractivity contribution in [2.75, 3.05) is 6.54 Å². The number of nitrogens with zero attached hydrogens (tertiary/aromatic N) is 1. The summed E-state index contributed by atoms with van der Waals surface area (Å²) in [6.45, 7) is 0.298. The van der Waals surface area contributed by atoms with Crippen LogP contribution < -0.4 is 5.32 Å². The predicted octanol–water partition coefficient (Wildman–Crippen LogP) is 2.91. The molecular weight excluding hydrogens is 315 g/mol. The van der Waals surface area contributed by atoms with Crippen LogP contribution in [-0.2, 0) is 11.2 Å². The van der Waals surface area contributed by atoms with Crippen molar-refractivity contribution < 1.29 is 14.3 Å². The van der Waals surface area contributed by atoms with Gasteiger partial charge in [-0.25, -0.2) is 9.37 Å².